The van der Waals surface area contributed by atoms with E-state index in [4.69, 9.17) is 11.6 Å². The van der Waals surface area contributed by atoms with Crippen LogP contribution in [0.15, 0.2) is 43.0 Å². The number of aryl methyl sites for hydroxylation is 1. The van der Waals surface area contributed by atoms with Gasteiger partial charge in [0.2, 0.25) is 0 Å². The van der Waals surface area contributed by atoms with E-state index in [2.05, 4.69) is 30.8 Å². The highest BCUT2D eigenvalue weighted by Gasteiger charge is 2.30. The molecule has 28 heavy (non-hydrogen) atoms. The normalized spacial score (nSPS) is 18.8. The van der Waals surface area contributed by atoms with Gasteiger partial charge in [0.1, 0.15) is 5.82 Å². The average molecular weight is 398 g/mol. The first-order valence-corrected chi connectivity index (χ1v) is 9.51. The monoisotopic (exact) mass is 397 g/mol. The first-order valence-electron chi connectivity index (χ1n) is 9.13. The fraction of sp³-hybridized carbons (Fsp3) is 0.316. The summed E-state index contributed by atoms with van der Waals surface area (Å²) in [6.45, 7) is 1.89. The molecule has 2 N–H and O–H groups in total. The van der Waals surface area contributed by atoms with Crippen molar-refractivity contribution in [2.24, 2.45) is 0 Å². The van der Waals surface area contributed by atoms with E-state index in [0.29, 0.717) is 22.1 Å². The Balaban J connectivity index is 1.52. The smallest absolute Gasteiger partial charge is 0.255 e. The molecule has 0 unspecified atom stereocenters. The van der Waals surface area contributed by atoms with Gasteiger partial charge in [-0.05, 0) is 38.3 Å². The molecule has 144 valence electrons. The van der Waals surface area contributed by atoms with Gasteiger partial charge in [0.25, 0.3) is 5.91 Å². The summed E-state index contributed by atoms with van der Waals surface area (Å²) in [5.74, 6) is 0.461. The minimum absolute atomic E-state index is 0.0368. The molecule has 1 fully saturated rings. The number of carbonyl (C=O) groups is 1. The lowest BCUT2D eigenvalue weighted by molar-refractivity contribution is 0.0935. The van der Waals surface area contributed by atoms with Gasteiger partial charge in [0.15, 0.2) is 0 Å². The van der Waals surface area contributed by atoms with Gasteiger partial charge < -0.3 is 10.6 Å². The molecule has 1 aliphatic carbocycles. The Hall–Kier alpha value is -3.00. The zero-order chi connectivity index (χ0) is 19.5. The van der Waals surface area contributed by atoms with Crippen molar-refractivity contribution >= 4 is 23.3 Å². The summed E-state index contributed by atoms with van der Waals surface area (Å²) in [4.78, 5) is 23.1. The van der Waals surface area contributed by atoms with E-state index in [1.165, 1.54) is 4.80 Å². The van der Waals surface area contributed by atoms with Crippen molar-refractivity contribution in [1.29, 1.82) is 0 Å². The molecule has 0 radical (unpaired) electrons. The molecular weight excluding hydrogens is 378 g/mol. The topological polar surface area (TPSA) is 97.6 Å². The molecule has 0 saturated heterocycles. The largest absolute Gasteiger partial charge is 0.364 e. The molecule has 3 aromatic rings. The maximum atomic E-state index is 13.1. The molecule has 1 aliphatic rings. The average Bonchev–Trinajstić information content (AvgIpc) is 3.36. The summed E-state index contributed by atoms with van der Waals surface area (Å²) in [6, 6.07) is 5.27. The Morgan fingerprint density at radius 1 is 1.14 bits per heavy atom. The van der Waals surface area contributed by atoms with Crippen LogP contribution in [-0.2, 0) is 0 Å². The molecular formula is C19H20ClN7O. The number of nitrogens with one attached hydrogen (secondary N) is 2. The number of benzene rings is 1. The van der Waals surface area contributed by atoms with Crippen molar-refractivity contribution in [1.82, 2.24) is 30.3 Å². The van der Waals surface area contributed by atoms with Gasteiger partial charge in [-0.15, -0.1) is 0 Å². The maximum absolute atomic E-state index is 13.1. The molecule has 1 amide bonds. The van der Waals surface area contributed by atoms with Crippen molar-refractivity contribution in [2.45, 2.75) is 38.3 Å². The number of amides is 1. The number of carbonyl (C=O) groups excluding carboxylic acids is 1. The van der Waals surface area contributed by atoms with Crippen LogP contribution in [0.1, 0.15) is 35.3 Å². The van der Waals surface area contributed by atoms with Crippen LogP contribution in [0, 0.1) is 6.92 Å². The molecule has 9 heteroatoms. The zero-order valence-electron chi connectivity index (χ0n) is 15.3. The van der Waals surface area contributed by atoms with Gasteiger partial charge in [-0.25, -0.2) is 4.98 Å². The molecule has 0 spiro atoms. The van der Waals surface area contributed by atoms with Crippen LogP contribution in [0.4, 0.5) is 5.82 Å². The molecule has 4 rings (SSSR count). The second kappa shape index (κ2) is 7.93. The predicted octanol–water partition coefficient (Wildman–Crippen LogP) is 2.78. The van der Waals surface area contributed by atoms with E-state index >= 15 is 0 Å². The third kappa shape index (κ3) is 3.82. The molecule has 1 aromatic carbocycles. The lowest BCUT2D eigenvalue weighted by Crippen LogP contribution is -2.43. The second-order valence-corrected chi connectivity index (χ2v) is 7.16. The van der Waals surface area contributed by atoms with Crippen LogP contribution >= 0.6 is 11.6 Å². The van der Waals surface area contributed by atoms with Crippen molar-refractivity contribution in [2.75, 3.05) is 5.32 Å². The van der Waals surface area contributed by atoms with Crippen molar-refractivity contribution in [3.63, 3.8) is 0 Å². The quantitative estimate of drug-likeness (QED) is 0.687. The first kappa shape index (κ1) is 18.4. The third-order valence-electron chi connectivity index (χ3n) is 4.80. The molecule has 0 bridgehead atoms. The molecule has 1 saturated carbocycles. The summed E-state index contributed by atoms with van der Waals surface area (Å²) in [5.41, 5.74) is 1.77. The van der Waals surface area contributed by atoms with Crippen LogP contribution in [0.25, 0.3) is 5.69 Å². The zero-order valence-corrected chi connectivity index (χ0v) is 16.1. The van der Waals surface area contributed by atoms with E-state index in [1.54, 1.807) is 43.0 Å². The SMILES string of the molecule is Cc1cnc(N[C@H]2CCC[C@@H]2NC(=O)c2c(Cl)cccc2-n2nccn2)cn1. The highest BCUT2D eigenvalue weighted by Crippen LogP contribution is 2.26. The van der Waals surface area contributed by atoms with Crippen LogP contribution in [-0.4, -0.2) is 43.0 Å². The van der Waals surface area contributed by atoms with E-state index in [-0.39, 0.29) is 18.0 Å². The maximum Gasteiger partial charge on any atom is 0.255 e. The van der Waals surface area contributed by atoms with Crippen molar-refractivity contribution in [3.8, 4) is 5.69 Å². The van der Waals surface area contributed by atoms with E-state index in [0.717, 1.165) is 25.0 Å². The number of aromatic nitrogens is 5. The second-order valence-electron chi connectivity index (χ2n) is 6.76. The summed E-state index contributed by atoms with van der Waals surface area (Å²) in [7, 11) is 0. The Bertz CT molecular complexity index is 959. The predicted molar refractivity (Wildman–Crippen MR) is 106 cm³/mol. The van der Waals surface area contributed by atoms with Gasteiger partial charge in [-0.2, -0.15) is 15.0 Å². The lowest BCUT2D eigenvalue weighted by atomic mass is 10.1. The van der Waals surface area contributed by atoms with Gasteiger partial charge in [-0.3, -0.25) is 9.78 Å². The highest BCUT2D eigenvalue weighted by atomic mass is 35.5. The summed E-state index contributed by atoms with van der Waals surface area (Å²) >= 11 is 6.34. The fourth-order valence-corrected chi connectivity index (χ4v) is 3.70. The fourth-order valence-electron chi connectivity index (χ4n) is 3.45. The molecule has 2 heterocycles. The Kier molecular flexibility index (Phi) is 5.21. The van der Waals surface area contributed by atoms with E-state index < -0.39 is 0 Å². The Morgan fingerprint density at radius 2 is 1.93 bits per heavy atom. The van der Waals surface area contributed by atoms with Crippen LogP contribution in [0.2, 0.25) is 5.02 Å². The number of anilines is 1. The Labute approximate surface area is 167 Å². The summed E-state index contributed by atoms with van der Waals surface area (Å²) < 4.78 is 0. The Morgan fingerprint density at radius 3 is 2.68 bits per heavy atom. The van der Waals surface area contributed by atoms with Gasteiger partial charge in [0, 0.05) is 12.1 Å². The number of rotatable bonds is 5. The summed E-state index contributed by atoms with van der Waals surface area (Å²) in [5, 5.41) is 15.1. The lowest BCUT2D eigenvalue weighted by Gasteiger charge is -2.23. The van der Waals surface area contributed by atoms with Gasteiger partial charge in [-0.1, -0.05) is 17.7 Å². The molecule has 0 aliphatic heterocycles. The molecule has 8 nitrogen and oxygen atoms in total. The van der Waals surface area contributed by atoms with Crippen molar-refractivity contribution in [3.05, 3.63) is 59.3 Å². The van der Waals surface area contributed by atoms with Crippen LogP contribution in [0.3, 0.4) is 0 Å². The highest BCUT2D eigenvalue weighted by molar-refractivity contribution is 6.34. The number of halogens is 1. The number of hydrogen-bond donors (Lipinski definition) is 2. The summed E-state index contributed by atoms with van der Waals surface area (Å²) in [6.07, 6.45) is 9.38. The minimum Gasteiger partial charge on any atom is -0.364 e. The first-order chi connectivity index (χ1) is 13.6. The third-order valence-corrected chi connectivity index (χ3v) is 5.11. The standard InChI is InChI=1S/C19H20ClN7O/c1-12-10-22-17(11-21-12)25-14-5-3-6-15(14)26-19(28)18-13(20)4-2-7-16(18)27-23-8-9-24-27/h2,4,7-11,14-15H,3,5-6H2,1H3,(H,22,25)(H,26,28)/t14-,15-/m0/s1. The number of hydrogen-bond acceptors (Lipinski definition) is 6. The number of nitrogens with zero attached hydrogens (tertiary/aromatic N) is 5. The van der Waals surface area contributed by atoms with Crippen LogP contribution in [0.5, 0.6) is 0 Å². The van der Waals surface area contributed by atoms with Gasteiger partial charge >= 0.3 is 0 Å². The van der Waals surface area contributed by atoms with Crippen LogP contribution < -0.4 is 10.6 Å². The van der Waals surface area contributed by atoms with E-state index in [1.807, 2.05) is 6.92 Å². The van der Waals surface area contributed by atoms with E-state index in [9.17, 15) is 4.79 Å². The molecule has 2 atom stereocenters. The molecule has 2 aromatic heterocycles. The minimum atomic E-state index is -0.244. The van der Waals surface area contributed by atoms with Crippen molar-refractivity contribution < 1.29 is 4.79 Å². The van der Waals surface area contributed by atoms with Gasteiger partial charge in [0.05, 0.1) is 46.8 Å².